The topological polar surface area (TPSA) is 61.1 Å². The molecule has 1 N–H and O–H groups in total. The Balaban J connectivity index is 2.63. The summed E-state index contributed by atoms with van der Waals surface area (Å²) in [7, 11) is 0. The zero-order valence-electron chi connectivity index (χ0n) is 9.12. The molecule has 0 unspecified atom stereocenters. The van der Waals surface area contributed by atoms with E-state index in [1.807, 2.05) is 0 Å². The highest BCUT2D eigenvalue weighted by Crippen LogP contribution is 2.32. The molecule has 0 aromatic heterocycles. The van der Waals surface area contributed by atoms with Gasteiger partial charge in [0.1, 0.15) is 11.6 Å². The number of carboxylic acids is 1. The first-order chi connectivity index (χ1) is 7.19. The normalized spacial score (nSPS) is 20.8. The summed E-state index contributed by atoms with van der Waals surface area (Å²) in [6.07, 6.45) is 6.08. The minimum atomic E-state index is -1.07. The summed E-state index contributed by atoms with van der Waals surface area (Å²) < 4.78 is 0. The second kappa shape index (κ2) is 5.55. The summed E-state index contributed by atoms with van der Waals surface area (Å²) >= 11 is 0. The van der Waals surface area contributed by atoms with Crippen LogP contribution in [0.2, 0.25) is 0 Å². The number of nitrogens with zero attached hydrogens (tertiary/aromatic N) is 1. The Hall–Kier alpha value is -1.30. The van der Waals surface area contributed by atoms with E-state index in [4.69, 9.17) is 10.4 Å². The van der Waals surface area contributed by atoms with E-state index >= 15 is 0 Å². The van der Waals surface area contributed by atoms with Crippen molar-refractivity contribution in [3.8, 4) is 6.07 Å². The Labute approximate surface area is 90.4 Å². The van der Waals surface area contributed by atoms with Gasteiger partial charge in [-0.2, -0.15) is 5.26 Å². The van der Waals surface area contributed by atoms with Gasteiger partial charge < -0.3 is 5.11 Å². The Morgan fingerprint density at radius 3 is 2.53 bits per heavy atom. The van der Waals surface area contributed by atoms with Crippen molar-refractivity contribution in [3.05, 3.63) is 11.1 Å². The molecule has 0 saturated heterocycles. The molecular weight excluding hydrogens is 190 g/mol. The highest BCUT2D eigenvalue weighted by atomic mass is 16.4. The van der Waals surface area contributed by atoms with E-state index in [2.05, 4.69) is 6.92 Å². The van der Waals surface area contributed by atoms with E-state index in [9.17, 15) is 4.79 Å². The van der Waals surface area contributed by atoms with Crippen molar-refractivity contribution in [3.63, 3.8) is 0 Å². The Morgan fingerprint density at radius 2 is 2.13 bits per heavy atom. The predicted molar refractivity (Wildman–Crippen MR) is 57.1 cm³/mol. The SMILES string of the molecule is CCCC1CCC(=C(C#N)C(=O)O)CC1. The van der Waals surface area contributed by atoms with Crippen molar-refractivity contribution in [1.82, 2.24) is 0 Å². The molecule has 15 heavy (non-hydrogen) atoms. The van der Waals surface area contributed by atoms with Crippen molar-refractivity contribution in [1.29, 1.82) is 5.26 Å². The first kappa shape index (κ1) is 11.8. The summed E-state index contributed by atoms with van der Waals surface area (Å²) in [5, 5.41) is 17.5. The largest absolute Gasteiger partial charge is 0.477 e. The fraction of sp³-hybridized carbons (Fsp3) is 0.667. The second-order valence-corrected chi connectivity index (χ2v) is 4.13. The molecule has 0 spiro atoms. The number of hydrogen-bond donors (Lipinski definition) is 1. The number of rotatable bonds is 3. The standard InChI is InChI=1S/C12H17NO2/c1-2-3-9-4-6-10(7-5-9)11(8-13)12(14)15/h9H,2-7H2,1H3,(H,14,15). The molecule has 0 aliphatic heterocycles. The zero-order valence-corrected chi connectivity index (χ0v) is 9.12. The monoisotopic (exact) mass is 207 g/mol. The van der Waals surface area contributed by atoms with Gasteiger partial charge in [0.2, 0.25) is 0 Å². The van der Waals surface area contributed by atoms with Gasteiger partial charge in [-0.15, -0.1) is 0 Å². The number of carbonyl (C=O) groups is 1. The van der Waals surface area contributed by atoms with Gasteiger partial charge in [0.15, 0.2) is 0 Å². The molecule has 0 bridgehead atoms. The Morgan fingerprint density at radius 1 is 1.53 bits per heavy atom. The third-order valence-electron chi connectivity index (χ3n) is 3.08. The van der Waals surface area contributed by atoms with Crippen LogP contribution in [0.25, 0.3) is 0 Å². The minimum Gasteiger partial charge on any atom is -0.477 e. The summed E-state index contributed by atoms with van der Waals surface area (Å²) in [6, 6.07) is 1.80. The van der Waals surface area contributed by atoms with Crippen molar-refractivity contribution in [2.45, 2.75) is 45.4 Å². The van der Waals surface area contributed by atoms with Crippen molar-refractivity contribution in [2.24, 2.45) is 5.92 Å². The molecule has 0 radical (unpaired) electrons. The summed E-state index contributed by atoms with van der Waals surface area (Å²) in [5.41, 5.74) is 0.822. The van der Waals surface area contributed by atoms with Gasteiger partial charge in [-0.1, -0.05) is 19.8 Å². The van der Waals surface area contributed by atoms with E-state index in [0.29, 0.717) is 0 Å². The minimum absolute atomic E-state index is 0.0232. The molecule has 0 atom stereocenters. The number of aliphatic carboxylic acids is 1. The predicted octanol–water partition coefficient (Wildman–Crippen LogP) is 2.88. The van der Waals surface area contributed by atoms with Crippen LogP contribution in [0.4, 0.5) is 0 Å². The lowest BCUT2D eigenvalue weighted by Crippen LogP contribution is -2.12. The first-order valence-electron chi connectivity index (χ1n) is 5.54. The van der Waals surface area contributed by atoms with Gasteiger partial charge in [-0.25, -0.2) is 4.79 Å². The lowest BCUT2D eigenvalue weighted by molar-refractivity contribution is -0.132. The number of hydrogen-bond acceptors (Lipinski definition) is 2. The molecule has 0 amide bonds. The van der Waals surface area contributed by atoms with Crippen LogP contribution < -0.4 is 0 Å². The fourth-order valence-corrected chi connectivity index (χ4v) is 2.25. The van der Waals surface area contributed by atoms with Gasteiger partial charge >= 0.3 is 5.97 Å². The maximum atomic E-state index is 10.8. The van der Waals surface area contributed by atoms with Gasteiger partial charge in [0.25, 0.3) is 0 Å². The Bertz CT molecular complexity index is 302. The van der Waals surface area contributed by atoms with E-state index in [-0.39, 0.29) is 5.57 Å². The fourth-order valence-electron chi connectivity index (χ4n) is 2.25. The van der Waals surface area contributed by atoms with Gasteiger partial charge in [-0.3, -0.25) is 0 Å². The summed E-state index contributed by atoms with van der Waals surface area (Å²) in [6.45, 7) is 2.17. The number of carboxylic acid groups (broad SMARTS) is 1. The molecule has 82 valence electrons. The maximum absolute atomic E-state index is 10.8. The van der Waals surface area contributed by atoms with Crippen LogP contribution in [0.5, 0.6) is 0 Å². The van der Waals surface area contributed by atoms with E-state index in [1.54, 1.807) is 6.07 Å². The zero-order chi connectivity index (χ0) is 11.3. The molecule has 0 aromatic rings. The van der Waals surface area contributed by atoms with Crippen LogP contribution in [0, 0.1) is 17.2 Å². The lowest BCUT2D eigenvalue weighted by atomic mass is 9.82. The quantitative estimate of drug-likeness (QED) is 0.571. The van der Waals surface area contributed by atoms with Crippen LogP contribution >= 0.6 is 0 Å². The smallest absolute Gasteiger partial charge is 0.346 e. The highest BCUT2D eigenvalue weighted by Gasteiger charge is 2.21. The molecule has 1 saturated carbocycles. The third kappa shape index (κ3) is 3.09. The van der Waals surface area contributed by atoms with E-state index < -0.39 is 5.97 Å². The molecule has 0 heterocycles. The molecule has 0 aromatic carbocycles. The Kier molecular flexibility index (Phi) is 4.36. The molecule has 1 rings (SSSR count). The maximum Gasteiger partial charge on any atom is 0.346 e. The van der Waals surface area contributed by atoms with Crippen molar-refractivity contribution >= 4 is 5.97 Å². The van der Waals surface area contributed by atoms with Crippen LogP contribution in [0.15, 0.2) is 11.1 Å². The molecule has 3 heteroatoms. The van der Waals surface area contributed by atoms with E-state index in [0.717, 1.165) is 37.2 Å². The van der Waals surface area contributed by atoms with Crippen LogP contribution in [0.3, 0.4) is 0 Å². The van der Waals surface area contributed by atoms with Crippen LogP contribution in [-0.2, 0) is 4.79 Å². The van der Waals surface area contributed by atoms with Crippen LogP contribution in [-0.4, -0.2) is 11.1 Å². The average molecular weight is 207 g/mol. The van der Waals surface area contributed by atoms with E-state index in [1.165, 1.54) is 12.8 Å². The molecular formula is C12H17NO2. The third-order valence-corrected chi connectivity index (χ3v) is 3.08. The summed E-state index contributed by atoms with van der Waals surface area (Å²) in [5.74, 6) is -0.339. The molecule has 1 aliphatic rings. The van der Waals surface area contributed by atoms with Crippen molar-refractivity contribution < 1.29 is 9.90 Å². The first-order valence-corrected chi connectivity index (χ1v) is 5.54. The number of allylic oxidation sites excluding steroid dienone is 1. The average Bonchev–Trinajstić information content (AvgIpc) is 2.21. The lowest BCUT2D eigenvalue weighted by Gasteiger charge is -2.23. The van der Waals surface area contributed by atoms with Crippen molar-refractivity contribution in [2.75, 3.05) is 0 Å². The number of nitriles is 1. The van der Waals surface area contributed by atoms with Gasteiger partial charge in [0, 0.05) is 0 Å². The molecule has 1 fully saturated rings. The molecule has 1 aliphatic carbocycles. The van der Waals surface area contributed by atoms with Crippen LogP contribution in [0.1, 0.15) is 45.4 Å². The highest BCUT2D eigenvalue weighted by molar-refractivity contribution is 5.92. The molecule has 3 nitrogen and oxygen atoms in total. The van der Waals surface area contributed by atoms with Gasteiger partial charge in [-0.05, 0) is 37.2 Å². The summed E-state index contributed by atoms with van der Waals surface area (Å²) in [4.78, 5) is 10.8. The van der Waals surface area contributed by atoms with Gasteiger partial charge in [0.05, 0.1) is 0 Å². The second-order valence-electron chi connectivity index (χ2n) is 4.13.